The highest BCUT2D eigenvalue weighted by atomic mass is 16.5. The Labute approximate surface area is 170 Å². The molecule has 0 aromatic carbocycles. The summed E-state index contributed by atoms with van der Waals surface area (Å²) in [5.74, 6) is -0.523. The Morgan fingerprint density at radius 3 is 2.45 bits per heavy atom. The summed E-state index contributed by atoms with van der Waals surface area (Å²) in [6.07, 6.45) is 7.93. The average molecular weight is 400 g/mol. The molecule has 0 spiro atoms. The second kappa shape index (κ2) is 9.47. The Bertz CT molecular complexity index is 833. The molecule has 2 aliphatic rings. The molecule has 0 unspecified atom stereocenters. The van der Waals surface area contributed by atoms with Crippen molar-refractivity contribution in [3.05, 3.63) is 30.2 Å². The molecular weight excluding hydrogens is 372 g/mol. The van der Waals surface area contributed by atoms with Crippen molar-refractivity contribution < 1.29 is 19.0 Å². The van der Waals surface area contributed by atoms with Crippen LogP contribution in [0.15, 0.2) is 24.5 Å². The average Bonchev–Trinajstić information content (AvgIpc) is 2.77. The number of aromatic nitrogens is 2. The lowest BCUT2D eigenvalue weighted by Gasteiger charge is -2.33. The summed E-state index contributed by atoms with van der Waals surface area (Å²) in [4.78, 5) is 22.5. The summed E-state index contributed by atoms with van der Waals surface area (Å²) in [7, 11) is 0. The maximum absolute atomic E-state index is 11.5. The molecule has 2 saturated heterocycles. The smallest absolute Gasteiger partial charge is 0.267 e. The van der Waals surface area contributed by atoms with Crippen molar-refractivity contribution in [2.45, 2.75) is 37.9 Å². The van der Waals surface area contributed by atoms with Gasteiger partial charge in [-0.2, -0.15) is 0 Å². The highest BCUT2D eigenvalue weighted by molar-refractivity contribution is 5.96. The van der Waals surface area contributed by atoms with Gasteiger partial charge in [0.2, 0.25) is 0 Å². The van der Waals surface area contributed by atoms with Crippen LogP contribution < -0.4 is 10.6 Å². The second-order valence-electron chi connectivity index (χ2n) is 7.53. The molecule has 4 heterocycles. The number of fused-ring (bicyclic) bond motifs is 1. The Kier molecular flexibility index (Phi) is 6.53. The minimum absolute atomic E-state index is 0.238. The number of hydrogen-bond acceptors (Lipinski definition) is 7. The first kappa shape index (κ1) is 20.0. The molecule has 2 aromatic rings. The van der Waals surface area contributed by atoms with Crippen LogP contribution in [0.25, 0.3) is 10.9 Å². The number of amides is 1. The van der Waals surface area contributed by atoms with Crippen LogP contribution in [0.2, 0.25) is 0 Å². The van der Waals surface area contributed by atoms with Crippen LogP contribution in [0.5, 0.6) is 0 Å². The Morgan fingerprint density at radius 1 is 1.07 bits per heavy atom. The first-order chi connectivity index (χ1) is 14.2. The van der Waals surface area contributed by atoms with Crippen molar-refractivity contribution in [1.82, 2.24) is 9.97 Å². The number of piperidine rings is 1. The molecule has 0 radical (unpaired) electrons. The van der Waals surface area contributed by atoms with Gasteiger partial charge in [0.15, 0.2) is 0 Å². The van der Waals surface area contributed by atoms with Gasteiger partial charge in [0, 0.05) is 37.9 Å². The van der Waals surface area contributed by atoms with E-state index >= 15 is 0 Å². The Balaban J connectivity index is 1.29. The maximum atomic E-state index is 11.5. The topological polar surface area (TPSA) is 99.8 Å². The number of hydrogen-bond donors (Lipinski definition) is 1. The van der Waals surface area contributed by atoms with Crippen molar-refractivity contribution >= 4 is 22.5 Å². The summed E-state index contributed by atoms with van der Waals surface area (Å²) >= 11 is 0. The van der Waals surface area contributed by atoms with E-state index in [2.05, 4.69) is 14.9 Å². The zero-order valence-corrected chi connectivity index (χ0v) is 16.6. The molecular formula is C21H28N4O4. The van der Waals surface area contributed by atoms with Gasteiger partial charge in [-0.15, -0.1) is 0 Å². The summed E-state index contributed by atoms with van der Waals surface area (Å²) in [5, 5.41) is 0.899. The fourth-order valence-electron chi connectivity index (χ4n) is 3.93. The molecule has 2 aromatic heterocycles. The molecule has 8 nitrogen and oxygen atoms in total. The summed E-state index contributed by atoms with van der Waals surface area (Å²) in [6, 6.07) is 3.48. The molecule has 4 rings (SSSR count). The lowest BCUT2D eigenvalue weighted by Crippen LogP contribution is -2.37. The predicted octanol–water partition coefficient (Wildman–Crippen LogP) is 1.91. The highest BCUT2D eigenvalue weighted by Gasteiger charge is 2.22. The number of anilines is 1. The van der Waals surface area contributed by atoms with Gasteiger partial charge in [-0.25, -0.2) is 4.98 Å². The molecule has 0 bridgehead atoms. The Morgan fingerprint density at radius 2 is 1.76 bits per heavy atom. The minimum atomic E-state index is -0.523. The van der Waals surface area contributed by atoms with Gasteiger partial charge in [-0.1, -0.05) is 0 Å². The van der Waals surface area contributed by atoms with Gasteiger partial charge >= 0.3 is 0 Å². The van der Waals surface area contributed by atoms with Crippen LogP contribution in [0.4, 0.5) is 5.69 Å². The molecule has 8 heteroatoms. The van der Waals surface area contributed by atoms with E-state index in [4.69, 9.17) is 19.9 Å². The first-order valence-corrected chi connectivity index (χ1v) is 10.3. The quantitative estimate of drug-likeness (QED) is 0.709. The van der Waals surface area contributed by atoms with Crippen LogP contribution in [0, 0.1) is 0 Å². The van der Waals surface area contributed by atoms with E-state index in [0.29, 0.717) is 19.3 Å². The van der Waals surface area contributed by atoms with Gasteiger partial charge in [-0.3, -0.25) is 9.78 Å². The third-order valence-corrected chi connectivity index (χ3v) is 5.57. The molecule has 0 saturated carbocycles. The molecule has 0 atom stereocenters. The number of nitrogens with two attached hydrogens (primary N) is 1. The zero-order valence-electron chi connectivity index (χ0n) is 16.6. The van der Waals surface area contributed by atoms with E-state index < -0.39 is 5.91 Å². The van der Waals surface area contributed by atoms with Crippen LogP contribution >= 0.6 is 0 Å². The van der Waals surface area contributed by atoms with Crippen molar-refractivity contribution in [1.29, 1.82) is 0 Å². The number of primary amides is 1. The van der Waals surface area contributed by atoms with Crippen LogP contribution in [0.1, 0.15) is 36.2 Å². The fourth-order valence-corrected chi connectivity index (χ4v) is 3.93. The second-order valence-corrected chi connectivity index (χ2v) is 7.53. The van der Waals surface area contributed by atoms with Gasteiger partial charge in [0.05, 0.1) is 42.8 Å². The third-order valence-electron chi connectivity index (χ3n) is 5.57. The normalized spacial score (nSPS) is 19.0. The fraction of sp³-hybridized carbons (Fsp3) is 0.571. The predicted molar refractivity (Wildman–Crippen MR) is 109 cm³/mol. The van der Waals surface area contributed by atoms with Crippen molar-refractivity contribution in [3.8, 4) is 0 Å². The van der Waals surface area contributed by atoms with E-state index in [9.17, 15) is 4.79 Å². The number of nitrogens with zero attached hydrogens (tertiary/aromatic N) is 3. The van der Waals surface area contributed by atoms with Crippen molar-refractivity contribution in [3.63, 3.8) is 0 Å². The van der Waals surface area contributed by atoms with E-state index in [1.807, 2.05) is 12.3 Å². The third kappa shape index (κ3) is 5.01. The number of pyridine rings is 2. The van der Waals surface area contributed by atoms with E-state index in [1.54, 1.807) is 12.3 Å². The molecule has 2 N–H and O–H groups in total. The largest absolute Gasteiger partial charge is 0.381 e. The molecule has 29 heavy (non-hydrogen) atoms. The SMILES string of the molecule is NC(=O)c1ccc2cncc(N3CCC(OCCOC4CCOCC4)CC3)c2n1. The summed E-state index contributed by atoms with van der Waals surface area (Å²) in [6.45, 7) is 4.56. The first-order valence-electron chi connectivity index (χ1n) is 10.3. The number of carbonyl (C=O) groups is 1. The molecule has 2 fully saturated rings. The van der Waals surface area contributed by atoms with E-state index in [0.717, 1.165) is 68.6 Å². The van der Waals surface area contributed by atoms with Crippen LogP contribution in [-0.2, 0) is 14.2 Å². The van der Waals surface area contributed by atoms with Crippen molar-refractivity contribution in [2.24, 2.45) is 5.73 Å². The summed E-state index contributed by atoms with van der Waals surface area (Å²) < 4.78 is 17.2. The molecule has 1 amide bonds. The van der Waals surface area contributed by atoms with E-state index in [-0.39, 0.29) is 11.8 Å². The standard InChI is InChI=1S/C21H28N4O4/c22-21(26)18-2-1-15-13-23-14-19(20(15)24-18)25-7-3-16(4-8-25)28-11-12-29-17-5-9-27-10-6-17/h1-2,13-14,16-17H,3-12H2,(H2,22,26). The molecule has 156 valence electrons. The monoisotopic (exact) mass is 400 g/mol. The van der Waals surface area contributed by atoms with Crippen LogP contribution in [0.3, 0.4) is 0 Å². The van der Waals surface area contributed by atoms with Crippen molar-refractivity contribution in [2.75, 3.05) is 44.4 Å². The highest BCUT2D eigenvalue weighted by Crippen LogP contribution is 2.27. The Hall–Kier alpha value is -2.29. The van der Waals surface area contributed by atoms with Gasteiger partial charge in [-0.05, 0) is 37.8 Å². The lowest BCUT2D eigenvalue weighted by molar-refractivity contribution is -0.0625. The van der Waals surface area contributed by atoms with E-state index in [1.165, 1.54) is 0 Å². The molecule has 0 aliphatic carbocycles. The zero-order chi connectivity index (χ0) is 20.1. The van der Waals surface area contributed by atoms with Gasteiger partial charge in [0.1, 0.15) is 5.69 Å². The maximum Gasteiger partial charge on any atom is 0.267 e. The van der Waals surface area contributed by atoms with Crippen LogP contribution in [-0.4, -0.2) is 67.6 Å². The number of ether oxygens (including phenoxy) is 3. The van der Waals surface area contributed by atoms with Gasteiger partial charge < -0.3 is 24.8 Å². The number of rotatable bonds is 7. The number of carbonyl (C=O) groups excluding carboxylic acids is 1. The summed E-state index contributed by atoms with van der Waals surface area (Å²) in [5.41, 5.74) is 7.37. The molecule has 2 aliphatic heterocycles. The minimum Gasteiger partial charge on any atom is -0.381 e. The lowest BCUT2D eigenvalue weighted by atomic mass is 10.1. The van der Waals surface area contributed by atoms with Gasteiger partial charge in [0.25, 0.3) is 5.91 Å².